The number of nitrogens with two attached hydrogens (primary N) is 1. The minimum atomic E-state index is -0.433. The molecule has 0 saturated carbocycles. The fourth-order valence-electron chi connectivity index (χ4n) is 1.80. The molecule has 3 N–H and O–H groups in total. The van der Waals surface area contributed by atoms with Crippen LogP contribution in [0.25, 0.3) is 0 Å². The number of aromatic nitrogens is 2. The SMILES string of the molecule is CC(Nc1cnn(CC(N)=O)c1)c1ccc(Cl)c(Cl)c1. The molecule has 0 fully saturated rings. The predicted molar refractivity (Wildman–Crippen MR) is 79.9 cm³/mol. The lowest BCUT2D eigenvalue weighted by molar-refractivity contribution is -0.118. The van der Waals surface area contributed by atoms with Crippen LogP contribution in [0.2, 0.25) is 10.0 Å². The van der Waals surface area contributed by atoms with Gasteiger partial charge in [-0.1, -0.05) is 29.3 Å². The molecule has 5 nitrogen and oxygen atoms in total. The summed E-state index contributed by atoms with van der Waals surface area (Å²) in [5.74, 6) is -0.433. The smallest absolute Gasteiger partial charge is 0.239 e. The maximum Gasteiger partial charge on any atom is 0.239 e. The van der Waals surface area contributed by atoms with E-state index >= 15 is 0 Å². The normalized spacial score (nSPS) is 12.2. The van der Waals surface area contributed by atoms with Crippen molar-refractivity contribution >= 4 is 34.8 Å². The number of primary amides is 1. The highest BCUT2D eigenvalue weighted by Crippen LogP contribution is 2.27. The van der Waals surface area contributed by atoms with Gasteiger partial charge in [-0.3, -0.25) is 9.48 Å². The molecule has 0 radical (unpaired) electrons. The van der Waals surface area contributed by atoms with Gasteiger partial charge >= 0.3 is 0 Å². The summed E-state index contributed by atoms with van der Waals surface area (Å²) in [7, 11) is 0. The van der Waals surface area contributed by atoms with Gasteiger partial charge in [-0.25, -0.2) is 0 Å². The first-order chi connectivity index (χ1) is 9.45. The van der Waals surface area contributed by atoms with Gasteiger partial charge in [0.05, 0.1) is 21.9 Å². The zero-order valence-corrected chi connectivity index (χ0v) is 12.3. The van der Waals surface area contributed by atoms with Crippen molar-refractivity contribution in [1.29, 1.82) is 0 Å². The number of anilines is 1. The Kier molecular flexibility index (Phi) is 4.52. The van der Waals surface area contributed by atoms with Crippen LogP contribution in [-0.4, -0.2) is 15.7 Å². The minimum absolute atomic E-state index is 0.0241. The van der Waals surface area contributed by atoms with Gasteiger partial charge in [-0.05, 0) is 24.6 Å². The van der Waals surface area contributed by atoms with E-state index in [4.69, 9.17) is 28.9 Å². The third kappa shape index (κ3) is 3.65. The van der Waals surface area contributed by atoms with Crippen LogP contribution in [0.15, 0.2) is 30.6 Å². The Bertz CT molecular complexity index is 627. The van der Waals surface area contributed by atoms with Gasteiger partial charge in [0.2, 0.25) is 5.91 Å². The fraction of sp³-hybridized carbons (Fsp3) is 0.231. The highest BCUT2D eigenvalue weighted by Gasteiger charge is 2.09. The summed E-state index contributed by atoms with van der Waals surface area (Å²) >= 11 is 11.9. The summed E-state index contributed by atoms with van der Waals surface area (Å²) in [5.41, 5.74) is 6.91. The van der Waals surface area contributed by atoms with Gasteiger partial charge in [0.15, 0.2) is 0 Å². The Morgan fingerprint density at radius 3 is 2.85 bits per heavy atom. The van der Waals surface area contributed by atoms with Crippen LogP contribution in [0.1, 0.15) is 18.5 Å². The number of amides is 1. The number of hydrogen-bond acceptors (Lipinski definition) is 3. The standard InChI is InChI=1S/C13H14Cl2N4O/c1-8(9-2-3-11(14)12(15)4-9)18-10-5-17-19(6-10)7-13(16)20/h2-6,8,18H,7H2,1H3,(H2,16,20). The lowest BCUT2D eigenvalue weighted by atomic mass is 10.1. The number of hydrogen-bond donors (Lipinski definition) is 2. The molecule has 1 aromatic carbocycles. The van der Waals surface area contributed by atoms with Crippen molar-refractivity contribution in [3.63, 3.8) is 0 Å². The van der Waals surface area contributed by atoms with Crippen molar-refractivity contribution in [2.45, 2.75) is 19.5 Å². The molecule has 1 atom stereocenters. The largest absolute Gasteiger partial charge is 0.376 e. The van der Waals surface area contributed by atoms with Crippen molar-refractivity contribution in [1.82, 2.24) is 9.78 Å². The molecule has 2 aromatic rings. The summed E-state index contributed by atoms with van der Waals surface area (Å²) < 4.78 is 1.48. The summed E-state index contributed by atoms with van der Waals surface area (Å²) in [5, 5.41) is 8.34. The molecule has 0 aliphatic heterocycles. The van der Waals surface area contributed by atoms with Crippen LogP contribution in [0.5, 0.6) is 0 Å². The average Bonchev–Trinajstić information content (AvgIpc) is 2.79. The Morgan fingerprint density at radius 2 is 2.20 bits per heavy atom. The number of carbonyl (C=O) groups is 1. The van der Waals surface area contributed by atoms with Gasteiger partial charge in [0.1, 0.15) is 6.54 Å². The third-order valence-electron chi connectivity index (χ3n) is 2.78. The van der Waals surface area contributed by atoms with Crippen molar-refractivity contribution in [3.8, 4) is 0 Å². The van der Waals surface area contributed by atoms with E-state index in [0.29, 0.717) is 10.0 Å². The zero-order chi connectivity index (χ0) is 14.7. The number of halogens is 2. The lowest BCUT2D eigenvalue weighted by Crippen LogP contribution is -2.18. The Morgan fingerprint density at radius 1 is 1.45 bits per heavy atom. The van der Waals surface area contributed by atoms with Gasteiger partial charge in [0.25, 0.3) is 0 Å². The monoisotopic (exact) mass is 312 g/mol. The Labute approximate surface area is 126 Å². The van der Waals surface area contributed by atoms with E-state index in [-0.39, 0.29) is 12.6 Å². The molecule has 106 valence electrons. The van der Waals surface area contributed by atoms with Crippen LogP contribution >= 0.6 is 23.2 Å². The molecule has 0 spiro atoms. The molecule has 1 amide bonds. The molecule has 1 aromatic heterocycles. The second-order valence-electron chi connectivity index (χ2n) is 4.43. The fourth-order valence-corrected chi connectivity index (χ4v) is 2.11. The highest BCUT2D eigenvalue weighted by atomic mass is 35.5. The van der Waals surface area contributed by atoms with E-state index in [1.54, 1.807) is 18.5 Å². The molecule has 1 unspecified atom stereocenters. The Hall–Kier alpha value is -1.72. The van der Waals surface area contributed by atoms with Crippen molar-refractivity contribution in [3.05, 3.63) is 46.2 Å². The minimum Gasteiger partial charge on any atom is -0.376 e. The molecule has 2 rings (SSSR count). The second kappa shape index (κ2) is 6.15. The molecule has 7 heteroatoms. The number of nitrogens with zero attached hydrogens (tertiary/aromatic N) is 2. The van der Waals surface area contributed by atoms with Crippen LogP contribution in [0, 0.1) is 0 Å². The molecule has 1 heterocycles. The van der Waals surface area contributed by atoms with E-state index in [0.717, 1.165) is 11.3 Å². The first-order valence-corrected chi connectivity index (χ1v) is 6.73. The van der Waals surface area contributed by atoms with Crippen LogP contribution in [-0.2, 0) is 11.3 Å². The summed E-state index contributed by atoms with van der Waals surface area (Å²) in [4.78, 5) is 10.8. The van der Waals surface area contributed by atoms with E-state index in [9.17, 15) is 4.79 Å². The topological polar surface area (TPSA) is 72.9 Å². The van der Waals surface area contributed by atoms with E-state index in [1.807, 2.05) is 19.1 Å². The zero-order valence-electron chi connectivity index (χ0n) is 10.8. The summed E-state index contributed by atoms with van der Waals surface area (Å²) in [6.07, 6.45) is 3.36. The van der Waals surface area contributed by atoms with Crippen molar-refractivity contribution < 1.29 is 4.79 Å². The molecule has 0 aliphatic rings. The van der Waals surface area contributed by atoms with Crippen molar-refractivity contribution in [2.24, 2.45) is 5.73 Å². The summed E-state index contributed by atoms with van der Waals surface area (Å²) in [6.45, 7) is 2.05. The van der Waals surface area contributed by atoms with Crippen molar-refractivity contribution in [2.75, 3.05) is 5.32 Å². The maximum atomic E-state index is 10.8. The maximum absolute atomic E-state index is 10.8. The second-order valence-corrected chi connectivity index (χ2v) is 5.25. The molecular weight excluding hydrogens is 299 g/mol. The average molecular weight is 313 g/mol. The quantitative estimate of drug-likeness (QED) is 0.891. The van der Waals surface area contributed by atoms with Gasteiger partial charge in [-0.2, -0.15) is 5.10 Å². The van der Waals surface area contributed by atoms with Gasteiger partial charge in [-0.15, -0.1) is 0 Å². The predicted octanol–water partition coefficient (Wildman–Crippen LogP) is 2.85. The number of rotatable bonds is 5. The first-order valence-electron chi connectivity index (χ1n) is 5.98. The molecule has 20 heavy (non-hydrogen) atoms. The third-order valence-corrected chi connectivity index (χ3v) is 3.52. The van der Waals surface area contributed by atoms with Crippen LogP contribution in [0.3, 0.4) is 0 Å². The van der Waals surface area contributed by atoms with Gasteiger partial charge < -0.3 is 11.1 Å². The molecule has 0 saturated heterocycles. The van der Waals surface area contributed by atoms with Crippen LogP contribution < -0.4 is 11.1 Å². The van der Waals surface area contributed by atoms with E-state index in [2.05, 4.69) is 10.4 Å². The highest BCUT2D eigenvalue weighted by molar-refractivity contribution is 6.42. The molecular formula is C13H14Cl2N4O. The van der Waals surface area contributed by atoms with E-state index < -0.39 is 5.91 Å². The molecule has 0 bridgehead atoms. The number of benzene rings is 1. The number of carbonyl (C=O) groups excluding carboxylic acids is 1. The summed E-state index contributed by atoms with van der Waals surface area (Å²) in [6, 6.07) is 5.50. The molecule has 0 aliphatic carbocycles. The number of nitrogens with one attached hydrogen (secondary N) is 1. The van der Waals surface area contributed by atoms with Gasteiger partial charge in [0, 0.05) is 12.2 Å². The Balaban J connectivity index is 2.06. The van der Waals surface area contributed by atoms with E-state index in [1.165, 1.54) is 4.68 Å². The lowest BCUT2D eigenvalue weighted by Gasteiger charge is -2.14. The first kappa shape index (κ1) is 14.7. The van der Waals surface area contributed by atoms with Crippen LogP contribution in [0.4, 0.5) is 5.69 Å².